The first-order chi connectivity index (χ1) is 13.8. The lowest BCUT2D eigenvalue weighted by atomic mass is 9.76. The van der Waals surface area contributed by atoms with Crippen molar-refractivity contribution >= 4 is 40.9 Å². The number of benzene rings is 1. The molecule has 4 N–H and O–H groups in total. The molecule has 0 bridgehead atoms. The van der Waals surface area contributed by atoms with E-state index >= 15 is 0 Å². The summed E-state index contributed by atoms with van der Waals surface area (Å²) < 4.78 is 0. The van der Waals surface area contributed by atoms with Crippen LogP contribution in [0, 0.1) is 11.8 Å². The maximum absolute atomic E-state index is 13.3. The third kappa shape index (κ3) is 2.85. The fraction of sp³-hybridized carbons (Fsp3) is 0.500. The maximum atomic E-state index is 13.3. The van der Waals surface area contributed by atoms with Crippen LogP contribution in [0.25, 0.3) is 0 Å². The van der Waals surface area contributed by atoms with E-state index in [1.165, 1.54) is 4.90 Å². The number of imide groups is 1. The zero-order valence-electron chi connectivity index (χ0n) is 16.0. The molecule has 1 spiro atoms. The lowest BCUT2D eigenvalue weighted by molar-refractivity contribution is -0.143. The molecule has 29 heavy (non-hydrogen) atoms. The zero-order valence-corrected chi connectivity index (χ0v) is 16.8. The molecule has 3 aliphatic rings. The molecule has 0 saturated carbocycles. The second kappa shape index (κ2) is 7.11. The van der Waals surface area contributed by atoms with Gasteiger partial charge in [0.25, 0.3) is 0 Å². The molecule has 4 amide bonds. The molecule has 3 aliphatic heterocycles. The standard InChI is InChI=1S/C20H23ClN4O4/c1-2-3-8-25-17(27)15-13(6-7-14(22)26)24-20(16(15)18(25)28)11-9-10(21)4-5-12(11)23-19(20)29/h4-5,9,13,15-16,24H,2-3,6-8H2,1H3,(H2,22,26)(H,23,29)/t13?,15-,16+,20?/m1/s1. The number of hydrogen-bond donors (Lipinski definition) is 3. The van der Waals surface area contributed by atoms with Gasteiger partial charge in [-0.2, -0.15) is 0 Å². The first-order valence-corrected chi connectivity index (χ1v) is 10.2. The van der Waals surface area contributed by atoms with Crippen LogP contribution in [0.5, 0.6) is 0 Å². The highest BCUT2D eigenvalue weighted by Crippen LogP contribution is 2.53. The average Bonchev–Trinajstić information content (AvgIpc) is 3.24. The lowest BCUT2D eigenvalue weighted by Crippen LogP contribution is -2.53. The number of halogens is 1. The molecule has 0 aromatic heterocycles. The number of anilines is 1. The van der Waals surface area contributed by atoms with Crippen molar-refractivity contribution in [3.05, 3.63) is 28.8 Å². The zero-order chi connectivity index (χ0) is 20.9. The predicted octanol–water partition coefficient (Wildman–Crippen LogP) is 1.13. The number of amides is 4. The quantitative estimate of drug-likeness (QED) is 0.598. The number of rotatable bonds is 6. The van der Waals surface area contributed by atoms with E-state index in [0.29, 0.717) is 29.2 Å². The smallest absolute Gasteiger partial charge is 0.250 e. The molecule has 0 radical (unpaired) electrons. The van der Waals surface area contributed by atoms with Crippen molar-refractivity contribution in [1.29, 1.82) is 0 Å². The SMILES string of the molecule is CCCCN1C(=O)[C@@H]2C(CCC(N)=O)NC3(C(=O)Nc4ccc(Cl)cc43)[C@@H]2C1=O. The Morgan fingerprint density at radius 3 is 2.72 bits per heavy atom. The van der Waals surface area contributed by atoms with Gasteiger partial charge in [0.1, 0.15) is 5.54 Å². The minimum absolute atomic E-state index is 0.0530. The third-order valence-corrected chi connectivity index (χ3v) is 6.44. The van der Waals surface area contributed by atoms with E-state index in [1.807, 2.05) is 6.92 Å². The van der Waals surface area contributed by atoms with Crippen molar-refractivity contribution in [3.8, 4) is 0 Å². The molecule has 2 fully saturated rings. The van der Waals surface area contributed by atoms with Crippen LogP contribution < -0.4 is 16.4 Å². The van der Waals surface area contributed by atoms with Crippen molar-refractivity contribution in [1.82, 2.24) is 10.2 Å². The number of primary amides is 1. The number of nitrogens with zero attached hydrogens (tertiary/aromatic N) is 1. The Morgan fingerprint density at radius 2 is 2.03 bits per heavy atom. The monoisotopic (exact) mass is 418 g/mol. The number of likely N-dealkylation sites (tertiary alicyclic amines) is 1. The number of unbranched alkanes of at least 4 members (excludes halogenated alkanes) is 1. The number of carbonyl (C=O) groups is 4. The fourth-order valence-corrected chi connectivity index (χ4v) is 5.09. The molecule has 1 aromatic carbocycles. The van der Waals surface area contributed by atoms with Crippen LogP contribution >= 0.6 is 11.6 Å². The van der Waals surface area contributed by atoms with Crippen LogP contribution in [0.2, 0.25) is 5.02 Å². The molecule has 4 atom stereocenters. The van der Waals surface area contributed by atoms with Gasteiger partial charge in [-0.3, -0.25) is 29.4 Å². The van der Waals surface area contributed by atoms with Gasteiger partial charge in [-0.25, -0.2) is 0 Å². The fourth-order valence-electron chi connectivity index (χ4n) is 4.92. The Hall–Kier alpha value is -2.45. The predicted molar refractivity (Wildman–Crippen MR) is 106 cm³/mol. The molecular formula is C20H23ClN4O4. The topological polar surface area (TPSA) is 122 Å². The minimum atomic E-state index is -1.39. The molecule has 154 valence electrons. The van der Waals surface area contributed by atoms with Crippen LogP contribution in [0.4, 0.5) is 5.69 Å². The summed E-state index contributed by atoms with van der Waals surface area (Å²) in [5.74, 6) is -3.15. The van der Waals surface area contributed by atoms with Crippen LogP contribution in [-0.4, -0.2) is 41.1 Å². The van der Waals surface area contributed by atoms with Gasteiger partial charge in [-0.1, -0.05) is 24.9 Å². The van der Waals surface area contributed by atoms with E-state index in [1.54, 1.807) is 18.2 Å². The number of nitrogens with one attached hydrogen (secondary N) is 2. The average molecular weight is 419 g/mol. The summed E-state index contributed by atoms with van der Waals surface area (Å²) >= 11 is 6.19. The first-order valence-electron chi connectivity index (χ1n) is 9.84. The minimum Gasteiger partial charge on any atom is -0.370 e. The summed E-state index contributed by atoms with van der Waals surface area (Å²) in [6.45, 7) is 2.30. The highest BCUT2D eigenvalue weighted by molar-refractivity contribution is 6.31. The summed E-state index contributed by atoms with van der Waals surface area (Å²) in [6, 6.07) is 4.48. The van der Waals surface area contributed by atoms with Gasteiger partial charge in [-0.15, -0.1) is 0 Å². The molecule has 0 aliphatic carbocycles. The van der Waals surface area contributed by atoms with Gasteiger partial charge < -0.3 is 11.1 Å². The van der Waals surface area contributed by atoms with E-state index < -0.39 is 29.3 Å². The van der Waals surface area contributed by atoms with Gasteiger partial charge in [0, 0.05) is 35.3 Å². The Morgan fingerprint density at radius 1 is 1.28 bits per heavy atom. The van der Waals surface area contributed by atoms with Crippen molar-refractivity contribution < 1.29 is 19.2 Å². The van der Waals surface area contributed by atoms with Gasteiger partial charge in [-0.05, 0) is 31.0 Å². The summed E-state index contributed by atoms with van der Waals surface area (Å²) in [5.41, 5.74) is 5.04. The molecule has 9 heteroatoms. The molecule has 4 rings (SSSR count). The Balaban J connectivity index is 1.81. The highest BCUT2D eigenvalue weighted by atomic mass is 35.5. The van der Waals surface area contributed by atoms with Crippen LogP contribution in [0.15, 0.2) is 18.2 Å². The largest absolute Gasteiger partial charge is 0.370 e. The summed E-state index contributed by atoms with van der Waals surface area (Å²) in [4.78, 5) is 52.3. The van der Waals surface area contributed by atoms with E-state index in [2.05, 4.69) is 10.6 Å². The second-order valence-corrected chi connectivity index (χ2v) is 8.33. The van der Waals surface area contributed by atoms with Crippen molar-refractivity contribution in [2.24, 2.45) is 17.6 Å². The van der Waals surface area contributed by atoms with Crippen molar-refractivity contribution in [2.75, 3.05) is 11.9 Å². The molecule has 1 aromatic rings. The van der Waals surface area contributed by atoms with Crippen LogP contribution in [0.1, 0.15) is 38.2 Å². The molecule has 2 unspecified atom stereocenters. The van der Waals surface area contributed by atoms with Gasteiger partial charge >= 0.3 is 0 Å². The maximum Gasteiger partial charge on any atom is 0.250 e. The Kier molecular flexibility index (Phi) is 4.86. The molecule has 8 nitrogen and oxygen atoms in total. The molecular weight excluding hydrogens is 396 g/mol. The number of carbonyl (C=O) groups excluding carboxylic acids is 4. The number of fused-ring (bicyclic) bond motifs is 4. The summed E-state index contributed by atoms with van der Waals surface area (Å²) in [7, 11) is 0. The van der Waals surface area contributed by atoms with Gasteiger partial charge in [0.05, 0.1) is 11.8 Å². The third-order valence-electron chi connectivity index (χ3n) is 6.21. The van der Waals surface area contributed by atoms with E-state index in [-0.39, 0.29) is 30.6 Å². The van der Waals surface area contributed by atoms with Crippen LogP contribution in [0.3, 0.4) is 0 Å². The Labute approximate surface area is 173 Å². The second-order valence-electron chi connectivity index (χ2n) is 7.89. The number of nitrogens with two attached hydrogens (primary N) is 1. The lowest BCUT2D eigenvalue weighted by Gasteiger charge is -2.29. The first kappa shape index (κ1) is 19.8. The van der Waals surface area contributed by atoms with Crippen molar-refractivity contribution in [3.63, 3.8) is 0 Å². The normalized spacial score (nSPS) is 30.1. The highest BCUT2D eigenvalue weighted by Gasteiger charge is 2.70. The Bertz CT molecular complexity index is 920. The van der Waals surface area contributed by atoms with E-state index in [0.717, 1.165) is 6.42 Å². The molecule has 3 heterocycles. The molecule has 2 saturated heterocycles. The summed E-state index contributed by atoms with van der Waals surface area (Å²) in [5, 5.41) is 6.49. The van der Waals surface area contributed by atoms with Crippen LogP contribution in [-0.2, 0) is 24.7 Å². The van der Waals surface area contributed by atoms with Crippen molar-refractivity contribution in [2.45, 2.75) is 44.2 Å². The summed E-state index contributed by atoms with van der Waals surface area (Å²) in [6.07, 6.45) is 1.84. The van der Waals surface area contributed by atoms with Gasteiger partial charge in [0.15, 0.2) is 0 Å². The van der Waals surface area contributed by atoms with E-state index in [9.17, 15) is 19.2 Å². The van der Waals surface area contributed by atoms with Gasteiger partial charge in [0.2, 0.25) is 23.6 Å². The number of hydrogen-bond acceptors (Lipinski definition) is 5. The van der Waals surface area contributed by atoms with E-state index in [4.69, 9.17) is 17.3 Å².